The van der Waals surface area contributed by atoms with Gasteiger partial charge in [0.1, 0.15) is 6.61 Å². The Balaban J connectivity index is 1.66. The van der Waals surface area contributed by atoms with E-state index in [-0.39, 0.29) is 30.4 Å². The highest BCUT2D eigenvalue weighted by atomic mass is 16.5. The van der Waals surface area contributed by atoms with Crippen LogP contribution in [0.15, 0.2) is 0 Å². The lowest BCUT2D eigenvalue weighted by Crippen LogP contribution is -2.55. The fourth-order valence-corrected chi connectivity index (χ4v) is 3.60. The Kier molecular flexibility index (Phi) is 4.45. The summed E-state index contributed by atoms with van der Waals surface area (Å²) in [7, 11) is 1.83. The molecule has 3 rings (SSSR count). The summed E-state index contributed by atoms with van der Waals surface area (Å²) in [5, 5.41) is 0. The van der Waals surface area contributed by atoms with E-state index >= 15 is 0 Å². The third kappa shape index (κ3) is 3.06. The Morgan fingerprint density at radius 3 is 2.71 bits per heavy atom. The first-order valence-electron chi connectivity index (χ1n) is 7.86. The average molecular weight is 296 g/mol. The zero-order chi connectivity index (χ0) is 14.8. The van der Waals surface area contributed by atoms with Gasteiger partial charge in [-0.15, -0.1) is 0 Å². The van der Waals surface area contributed by atoms with Crippen LogP contribution in [0.1, 0.15) is 19.3 Å². The normalized spacial score (nSPS) is 31.8. The fraction of sp³-hybridized carbons (Fsp3) is 0.867. The summed E-state index contributed by atoms with van der Waals surface area (Å²) < 4.78 is 10.8. The molecular formula is C15H24N2O4. The van der Waals surface area contributed by atoms with Crippen molar-refractivity contribution < 1.29 is 19.1 Å². The van der Waals surface area contributed by atoms with E-state index in [0.717, 1.165) is 25.8 Å². The summed E-state index contributed by atoms with van der Waals surface area (Å²) in [4.78, 5) is 28.3. The SMILES string of the molecule is CN1C(=O)COC[C@@H]2CCN(C(=O)C3CCOCC3)C[C@@H]21. The number of likely N-dealkylation sites (N-methyl/N-ethyl adjacent to an activating group) is 1. The number of ether oxygens (including phenoxy) is 2. The van der Waals surface area contributed by atoms with Crippen LogP contribution in [0.5, 0.6) is 0 Å². The van der Waals surface area contributed by atoms with Crippen LogP contribution in [0.3, 0.4) is 0 Å². The number of nitrogens with zero attached hydrogens (tertiary/aromatic N) is 2. The Morgan fingerprint density at radius 1 is 1.19 bits per heavy atom. The van der Waals surface area contributed by atoms with E-state index in [9.17, 15) is 9.59 Å². The number of carbonyl (C=O) groups excluding carboxylic acids is 2. The molecule has 0 aromatic heterocycles. The molecule has 0 bridgehead atoms. The molecule has 0 N–H and O–H groups in total. The first kappa shape index (κ1) is 14.8. The summed E-state index contributed by atoms with van der Waals surface area (Å²) in [6.07, 6.45) is 2.56. The molecule has 0 saturated carbocycles. The molecule has 2 amide bonds. The van der Waals surface area contributed by atoms with Crippen molar-refractivity contribution in [2.24, 2.45) is 11.8 Å². The Hall–Kier alpha value is -1.14. The van der Waals surface area contributed by atoms with E-state index in [4.69, 9.17) is 9.47 Å². The molecule has 3 aliphatic rings. The van der Waals surface area contributed by atoms with Crippen LogP contribution in [-0.2, 0) is 19.1 Å². The lowest BCUT2D eigenvalue weighted by Gasteiger charge is -2.42. The van der Waals surface area contributed by atoms with Crippen molar-refractivity contribution in [3.8, 4) is 0 Å². The first-order valence-corrected chi connectivity index (χ1v) is 7.86. The summed E-state index contributed by atoms with van der Waals surface area (Å²) in [6, 6.07) is 0.0949. The highest BCUT2D eigenvalue weighted by molar-refractivity contribution is 5.80. The third-order valence-corrected chi connectivity index (χ3v) is 5.05. The molecule has 0 aliphatic carbocycles. The second-order valence-electron chi connectivity index (χ2n) is 6.31. The number of hydrogen-bond acceptors (Lipinski definition) is 4. The minimum Gasteiger partial charge on any atom is -0.381 e. The van der Waals surface area contributed by atoms with Gasteiger partial charge in [-0.1, -0.05) is 0 Å². The topological polar surface area (TPSA) is 59.1 Å². The van der Waals surface area contributed by atoms with E-state index in [1.807, 2.05) is 11.9 Å². The van der Waals surface area contributed by atoms with Crippen LogP contribution in [0.4, 0.5) is 0 Å². The number of hydrogen-bond donors (Lipinski definition) is 0. The van der Waals surface area contributed by atoms with Gasteiger partial charge in [0, 0.05) is 45.2 Å². The van der Waals surface area contributed by atoms with Gasteiger partial charge in [0.2, 0.25) is 11.8 Å². The highest BCUT2D eigenvalue weighted by Gasteiger charge is 2.39. The van der Waals surface area contributed by atoms with E-state index in [0.29, 0.717) is 32.3 Å². The number of likely N-dealkylation sites (tertiary alicyclic amines) is 1. The van der Waals surface area contributed by atoms with Gasteiger partial charge < -0.3 is 19.3 Å². The number of piperidine rings is 1. The third-order valence-electron chi connectivity index (χ3n) is 5.05. The average Bonchev–Trinajstić information content (AvgIpc) is 2.67. The molecule has 118 valence electrons. The number of carbonyl (C=O) groups is 2. The Bertz CT molecular complexity index is 408. The van der Waals surface area contributed by atoms with Crippen LogP contribution in [0, 0.1) is 11.8 Å². The van der Waals surface area contributed by atoms with Crippen LogP contribution < -0.4 is 0 Å². The fourth-order valence-electron chi connectivity index (χ4n) is 3.60. The maximum Gasteiger partial charge on any atom is 0.248 e. The summed E-state index contributed by atoms with van der Waals surface area (Å²) in [6.45, 7) is 3.58. The van der Waals surface area contributed by atoms with Crippen LogP contribution in [0.25, 0.3) is 0 Å². The van der Waals surface area contributed by atoms with Gasteiger partial charge in [-0.05, 0) is 19.3 Å². The Morgan fingerprint density at radius 2 is 1.95 bits per heavy atom. The molecular weight excluding hydrogens is 272 g/mol. The molecule has 3 fully saturated rings. The van der Waals surface area contributed by atoms with Crippen molar-refractivity contribution >= 4 is 11.8 Å². The molecule has 0 spiro atoms. The van der Waals surface area contributed by atoms with Crippen molar-refractivity contribution in [2.75, 3.05) is 46.6 Å². The monoisotopic (exact) mass is 296 g/mol. The lowest BCUT2D eigenvalue weighted by molar-refractivity contribution is -0.144. The molecule has 0 aromatic rings. The minimum absolute atomic E-state index is 0.0165. The zero-order valence-electron chi connectivity index (χ0n) is 12.6. The summed E-state index contributed by atoms with van der Waals surface area (Å²) >= 11 is 0. The van der Waals surface area contributed by atoms with E-state index in [2.05, 4.69) is 0 Å². The van der Waals surface area contributed by atoms with Gasteiger partial charge in [0.15, 0.2) is 0 Å². The van der Waals surface area contributed by atoms with Crippen LogP contribution >= 0.6 is 0 Å². The quantitative estimate of drug-likeness (QED) is 0.689. The van der Waals surface area contributed by atoms with Gasteiger partial charge in [0.05, 0.1) is 12.6 Å². The molecule has 6 heteroatoms. The molecule has 6 nitrogen and oxygen atoms in total. The van der Waals surface area contributed by atoms with Crippen molar-refractivity contribution in [1.82, 2.24) is 9.80 Å². The minimum atomic E-state index is 0.0165. The van der Waals surface area contributed by atoms with Crippen molar-refractivity contribution in [1.29, 1.82) is 0 Å². The standard InChI is InChI=1S/C15H24N2O4/c1-16-13-8-17(15(19)11-3-6-20-7-4-11)5-2-12(13)9-21-10-14(16)18/h11-13H,2-10H2,1H3/t12-,13-/m0/s1. The first-order chi connectivity index (χ1) is 10.2. The molecule has 0 aromatic carbocycles. The van der Waals surface area contributed by atoms with Gasteiger partial charge in [-0.3, -0.25) is 9.59 Å². The predicted octanol–water partition coefficient (Wildman–Crippen LogP) is 0.119. The smallest absolute Gasteiger partial charge is 0.248 e. The van der Waals surface area contributed by atoms with E-state index < -0.39 is 0 Å². The second kappa shape index (κ2) is 6.32. The number of amides is 2. The lowest BCUT2D eigenvalue weighted by atomic mass is 9.89. The molecule has 0 radical (unpaired) electrons. The largest absolute Gasteiger partial charge is 0.381 e. The van der Waals surface area contributed by atoms with E-state index in [1.54, 1.807) is 4.90 Å². The molecule has 0 unspecified atom stereocenters. The molecule has 3 saturated heterocycles. The summed E-state index contributed by atoms with van der Waals surface area (Å²) in [5.41, 5.74) is 0. The molecule has 3 heterocycles. The van der Waals surface area contributed by atoms with Crippen molar-refractivity contribution in [2.45, 2.75) is 25.3 Å². The van der Waals surface area contributed by atoms with Gasteiger partial charge >= 0.3 is 0 Å². The summed E-state index contributed by atoms with van der Waals surface area (Å²) in [5.74, 6) is 0.698. The second-order valence-corrected chi connectivity index (χ2v) is 6.31. The number of rotatable bonds is 1. The van der Waals surface area contributed by atoms with Crippen molar-refractivity contribution in [3.05, 3.63) is 0 Å². The Labute approximate surface area is 125 Å². The molecule has 3 aliphatic heterocycles. The molecule has 21 heavy (non-hydrogen) atoms. The molecule has 2 atom stereocenters. The van der Waals surface area contributed by atoms with Gasteiger partial charge in [-0.2, -0.15) is 0 Å². The maximum absolute atomic E-state index is 12.6. The van der Waals surface area contributed by atoms with Crippen molar-refractivity contribution in [3.63, 3.8) is 0 Å². The van der Waals surface area contributed by atoms with Gasteiger partial charge in [0.25, 0.3) is 0 Å². The zero-order valence-corrected chi connectivity index (χ0v) is 12.6. The van der Waals surface area contributed by atoms with Gasteiger partial charge in [-0.25, -0.2) is 0 Å². The van der Waals surface area contributed by atoms with Crippen LogP contribution in [-0.4, -0.2) is 74.2 Å². The van der Waals surface area contributed by atoms with Crippen LogP contribution in [0.2, 0.25) is 0 Å². The maximum atomic E-state index is 12.6. The number of fused-ring (bicyclic) bond motifs is 1. The predicted molar refractivity (Wildman–Crippen MR) is 75.6 cm³/mol. The van der Waals surface area contributed by atoms with E-state index in [1.165, 1.54) is 0 Å². The highest BCUT2D eigenvalue weighted by Crippen LogP contribution is 2.27.